The van der Waals surface area contributed by atoms with Gasteiger partial charge in [-0.2, -0.15) is 0 Å². The summed E-state index contributed by atoms with van der Waals surface area (Å²) < 4.78 is 12.3. The monoisotopic (exact) mass is 393 g/mol. The molecule has 1 amide bonds. The van der Waals surface area contributed by atoms with Gasteiger partial charge in [-0.05, 0) is 31.0 Å². The van der Waals surface area contributed by atoms with Crippen molar-refractivity contribution in [1.82, 2.24) is 9.55 Å². The van der Waals surface area contributed by atoms with Crippen LogP contribution >= 0.6 is 0 Å². The van der Waals surface area contributed by atoms with Crippen molar-refractivity contribution in [3.8, 4) is 11.5 Å². The lowest BCUT2D eigenvalue weighted by atomic mass is 10.1. The van der Waals surface area contributed by atoms with Gasteiger partial charge in [0, 0.05) is 42.4 Å². The van der Waals surface area contributed by atoms with Crippen LogP contribution in [0.5, 0.6) is 11.5 Å². The first-order valence-corrected chi connectivity index (χ1v) is 9.67. The second-order valence-electron chi connectivity index (χ2n) is 7.08. The first kappa shape index (κ1) is 19.0. The van der Waals surface area contributed by atoms with Crippen LogP contribution in [0.25, 0.3) is 10.9 Å². The molecule has 0 atom stereocenters. The molecule has 0 unspecified atom stereocenters. The lowest BCUT2D eigenvalue weighted by molar-refractivity contribution is 0.102. The van der Waals surface area contributed by atoms with E-state index in [1.165, 1.54) is 0 Å². The molecule has 1 N–H and O–H groups in total. The van der Waals surface area contributed by atoms with Crippen LogP contribution in [-0.4, -0.2) is 29.7 Å². The number of benzene rings is 2. The number of anilines is 1. The number of aromatic nitrogens is 2. The van der Waals surface area contributed by atoms with Crippen LogP contribution in [-0.2, 0) is 13.0 Å². The van der Waals surface area contributed by atoms with Crippen LogP contribution in [0.4, 0.5) is 5.69 Å². The maximum atomic E-state index is 12.8. The number of hydrogen-bond donors (Lipinski definition) is 1. The van der Waals surface area contributed by atoms with Crippen molar-refractivity contribution in [2.24, 2.45) is 0 Å². The Labute approximate surface area is 168 Å². The molecule has 0 aliphatic carbocycles. The quantitative estimate of drug-likeness (QED) is 0.735. The summed E-state index contributed by atoms with van der Waals surface area (Å²) in [7, 11) is 3.10. The Bertz CT molecular complexity index is 1110. The highest BCUT2D eigenvalue weighted by Crippen LogP contribution is 2.26. The van der Waals surface area contributed by atoms with Crippen molar-refractivity contribution < 1.29 is 14.3 Å². The van der Waals surface area contributed by atoms with Gasteiger partial charge in [-0.15, -0.1) is 0 Å². The first-order valence-electron chi connectivity index (χ1n) is 9.67. The molecule has 0 fully saturated rings. The number of aryl methyl sites for hydroxylation is 1. The minimum absolute atomic E-state index is 0.0311. The molecule has 150 valence electrons. The van der Waals surface area contributed by atoms with Gasteiger partial charge in [0.25, 0.3) is 11.5 Å². The third-order valence-electron chi connectivity index (χ3n) is 5.19. The van der Waals surface area contributed by atoms with E-state index in [0.29, 0.717) is 40.2 Å². The minimum atomic E-state index is -0.293. The van der Waals surface area contributed by atoms with Crippen LogP contribution in [0, 0.1) is 0 Å². The van der Waals surface area contributed by atoms with Gasteiger partial charge in [-0.25, -0.2) is 4.98 Å². The molecular formula is C22H23N3O4. The van der Waals surface area contributed by atoms with Crippen LogP contribution in [0.2, 0.25) is 0 Å². The van der Waals surface area contributed by atoms with Crippen LogP contribution < -0.4 is 20.3 Å². The Balaban J connectivity index is 1.67. The van der Waals surface area contributed by atoms with Gasteiger partial charge in [0.2, 0.25) is 0 Å². The van der Waals surface area contributed by atoms with E-state index in [0.717, 1.165) is 31.5 Å². The average Bonchev–Trinajstić information content (AvgIpc) is 2.98. The Hall–Kier alpha value is -3.35. The maximum absolute atomic E-state index is 12.8. The van der Waals surface area contributed by atoms with Gasteiger partial charge in [0.15, 0.2) is 0 Å². The molecule has 0 bridgehead atoms. The summed E-state index contributed by atoms with van der Waals surface area (Å²) in [6, 6.07) is 10.2. The average molecular weight is 393 g/mol. The van der Waals surface area contributed by atoms with Crippen molar-refractivity contribution in [2.45, 2.75) is 32.2 Å². The van der Waals surface area contributed by atoms with E-state index in [4.69, 9.17) is 9.47 Å². The van der Waals surface area contributed by atoms with Gasteiger partial charge >= 0.3 is 0 Å². The zero-order chi connectivity index (χ0) is 20.4. The molecule has 1 aliphatic heterocycles. The SMILES string of the molecule is COc1cc(NC(=O)c2ccc3c(=O)n4c(nc3c2)CCCCC4)cc(OC)c1. The largest absolute Gasteiger partial charge is 0.497 e. The predicted octanol–water partition coefficient (Wildman–Crippen LogP) is 3.39. The molecule has 4 rings (SSSR count). The van der Waals surface area contributed by atoms with E-state index in [-0.39, 0.29) is 11.5 Å². The van der Waals surface area contributed by atoms with E-state index in [2.05, 4.69) is 10.3 Å². The summed E-state index contributed by atoms with van der Waals surface area (Å²) in [5, 5.41) is 3.39. The van der Waals surface area contributed by atoms with Gasteiger partial charge in [-0.3, -0.25) is 14.2 Å². The van der Waals surface area contributed by atoms with E-state index in [1.807, 2.05) is 0 Å². The number of hydrogen-bond acceptors (Lipinski definition) is 5. The minimum Gasteiger partial charge on any atom is -0.497 e. The van der Waals surface area contributed by atoms with Crippen molar-refractivity contribution >= 4 is 22.5 Å². The number of ether oxygens (including phenoxy) is 2. The first-order chi connectivity index (χ1) is 14.1. The van der Waals surface area contributed by atoms with Crippen molar-refractivity contribution in [1.29, 1.82) is 0 Å². The number of methoxy groups -OCH3 is 2. The molecule has 7 heteroatoms. The standard InChI is InChI=1S/C22H23N3O4/c1-28-16-11-15(12-17(13-16)29-2)23-21(26)14-7-8-18-19(10-14)24-20-6-4-3-5-9-25(20)22(18)27/h7-8,10-13H,3-6,9H2,1-2H3,(H,23,26). The number of nitrogens with one attached hydrogen (secondary N) is 1. The summed E-state index contributed by atoms with van der Waals surface area (Å²) in [4.78, 5) is 30.3. The van der Waals surface area contributed by atoms with E-state index in [1.54, 1.807) is 55.2 Å². The van der Waals surface area contributed by atoms with Gasteiger partial charge in [0.1, 0.15) is 17.3 Å². The second kappa shape index (κ2) is 7.95. The molecule has 1 aliphatic rings. The number of rotatable bonds is 4. The van der Waals surface area contributed by atoms with Crippen molar-refractivity contribution in [3.05, 3.63) is 58.1 Å². The van der Waals surface area contributed by atoms with Crippen molar-refractivity contribution in [2.75, 3.05) is 19.5 Å². The normalized spacial score (nSPS) is 13.4. The predicted molar refractivity (Wildman–Crippen MR) is 111 cm³/mol. The summed E-state index contributed by atoms with van der Waals surface area (Å²) in [5.41, 5.74) is 1.52. The van der Waals surface area contributed by atoms with E-state index >= 15 is 0 Å². The van der Waals surface area contributed by atoms with Crippen LogP contribution in [0.3, 0.4) is 0 Å². The number of fused-ring (bicyclic) bond motifs is 2. The summed E-state index contributed by atoms with van der Waals surface area (Å²) in [6.07, 6.45) is 3.89. The Morgan fingerprint density at radius 1 is 1.03 bits per heavy atom. The second-order valence-corrected chi connectivity index (χ2v) is 7.08. The van der Waals surface area contributed by atoms with Gasteiger partial charge in [0.05, 0.1) is 25.1 Å². The lowest BCUT2D eigenvalue weighted by Crippen LogP contribution is -2.24. The number of carbonyl (C=O) groups excluding carboxylic acids is 1. The van der Waals surface area contributed by atoms with Gasteiger partial charge < -0.3 is 14.8 Å². The zero-order valence-electron chi connectivity index (χ0n) is 16.5. The molecule has 1 aromatic heterocycles. The number of amides is 1. The Kier molecular flexibility index (Phi) is 5.20. The number of nitrogens with zero attached hydrogens (tertiary/aromatic N) is 2. The molecule has 0 saturated heterocycles. The molecule has 29 heavy (non-hydrogen) atoms. The molecule has 0 radical (unpaired) electrons. The highest BCUT2D eigenvalue weighted by Gasteiger charge is 2.16. The maximum Gasteiger partial charge on any atom is 0.261 e. The lowest BCUT2D eigenvalue weighted by Gasteiger charge is -2.12. The molecular weight excluding hydrogens is 370 g/mol. The molecule has 0 spiro atoms. The topological polar surface area (TPSA) is 82.5 Å². The van der Waals surface area contributed by atoms with E-state index in [9.17, 15) is 9.59 Å². The summed E-state index contributed by atoms with van der Waals surface area (Å²) in [5.74, 6) is 1.67. The fourth-order valence-corrected chi connectivity index (χ4v) is 3.64. The molecule has 3 aromatic rings. The molecule has 2 aromatic carbocycles. The van der Waals surface area contributed by atoms with E-state index < -0.39 is 0 Å². The third-order valence-corrected chi connectivity index (χ3v) is 5.19. The highest BCUT2D eigenvalue weighted by atomic mass is 16.5. The summed E-state index contributed by atoms with van der Waals surface area (Å²) >= 11 is 0. The number of carbonyl (C=O) groups is 1. The molecule has 7 nitrogen and oxygen atoms in total. The van der Waals surface area contributed by atoms with Crippen LogP contribution in [0.15, 0.2) is 41.2 Å². The fourth-order valence-electron chi connectivity index (χ4n) is 3.64. The van der Waals surface area contributed by atoms with Crippen LogP contribution in [0.1, 0.15) is 35.4 Å². The fraction of sp³-hybridized carbons (Fsp3) is 0.318. The highest BCUT2D eigenvalue weighted by molar-refractivity contribution is 6.06. The molecule has 2 heterocycles. The summed E-state index contributed by atoms with van der Waals surface area (Å²) in [6.45, 7) is 0.705. The smallest absolute Gasteiger partial charge is 0.261 e. The Morgan fingerprint density at radius 2 is 1.79 bits per heavy atom. The third kappa shape index (κ3) is 3.81. The van der Waals surface area contributed by atoms with Gasteiger partial charge in [-0.1, -0.05) is 6.42 Å². The molecule has 0 saturated carbocycles. The van der Waals surface area contributed by atoms with Crippen molar-refractivity contribution in [3.63, 3.8) is 0 Å². The zero-order valence-corrected chi connectivity index (χ0v) is 16.5. The Morgan fingerprint density at radius 3 is 2.52 bits per heavy atom.